The molecule has 1 amide bonds. The van der Waals surface area contributed by atoms with Crippen LogP contribution >= 0.6 is 0 Å². The van der Waals surface area contributed by atoms with Crippen molar-refractivity contribution in [1.82, 2.24) is 0 Å². The van der Waals surface area contributed by atoms with Gasteiger partial charge in [0.2, 0.25) is 5.91 Å². The first-order chi connectivity index (χ1) is 30.6. The molecule has 2 fully saturated rings. The van der Waals surface area contributed by atoms with Gasteiger partial charge in [0, 0.05) is 31.1 Å². The summed E-state index contributed by atoms with van der Waals surface area (Å²) in [4.78, 5) is 25.3. The average molecular weight is 925 g/mol. The Morgan fingerprint density at radius 3 is 1.94 bits per heavy atom. The maximum absolute atomic E-state index is 12.7. The minimum absolute atomic E-state index is 0.121. The zero-order chi connectivity index (χ0) is 48.4. The van der Waals surface area contributed by atoms with Gasteiger partial charge in [-0.3, -0.25) is 9.59 Å². The van der Waals surface area contributed by atoms with Crippen molar-refractivity contribution in [3.63, 3.8) is 0 Å². The monoisotopic (exact) mass is 925 g/mol. The molecular formula is C47H76N2O16. The molecule has 65 heavy (non-hydrogen) atoms. The Morgan fingerprint density at radius 2 is 1.28 bits per heavy atom. The lowest BCUT2D eigenvalue weighted by Gasteiger charge is -2.45. The fourth-order valence-electron chi connectivity index (χ4n) is 8.16. The van der Waals surface area contributed by atoms with E-state index >= 15 is 0 Å². The summed E-state index contributed by atoms with van der Waals surface area (Å²) in [5.74, 6) is -6.03. The van der Waals surface area contributed by atoms with Crippen LogP contribution in [0.15, 0.2) is 72.9 Å². The molecule has 18 heteroatoms. The first kappa shape index (κ1) is 56.1. The maximum Gasteiger partial charge on any atom is 0.308 e. The molecule has 2 saturated heterocycles. The van der Waals surface area contributed by atoms with Gasteiger partial charge in [0.05, 0.1) is 85.5 Å². The predicted octanol–water partition coefficient (Wildman–Crippen LogP) is 0.336. The minimum Gasteiger partial charge on any atom is -0.462 e. The summed E-state index contributed by atoms with van der Waals surface area (Å²) in [6.07, 6.45) is 3.25. The molecule has 3 aliphatic rings. The van der Waals surface area contributed by atoms with Crippen molar-refractivity contribution in [1.29, 1.82) is 0 Å². The number of primary amides is 1. The lowest BCUT2D eigenvalue weighted by Crippen LogP contribution is -2.62. The maximum atomic E-state index is 12.7. The van der Waals surface area contributed by atoms with Gasteiger partial charge in [-0.2, -0.15) is 0 Å². The molecule has 370 valence electrons. The van der Waals surface area contributed by atoms with E-state index < -0.39 is 140 Å². The third kappa shape index (κ3) is 18.8. The van der Waals surface area contributed by atoms with Crippen LogP contribution in [-0.2, 0) is 28.5 Å². The van der Waals surface area contributed by atoms with Gasteiger partial charge in [-0.15, -0.1) is 0 Å². The van der Waals surface area contributed by atoms with Crippen LogP contribution in [0.25, 0.3) is 0 Å². The molecule has 0 aromatic carbocycles. The number of fused-ring (bicyclic) bond motifs is 2. The van der Waals surface area contributed by atoms with Crippen LogP contribution in [0.1, 0.15) is 91.9 Å². The number of hydrogen-bond acceptors (Lipinski definition) is 17. The van der Waals surface area contributed by atoms with Crippen LogP contribution in [0, 0.1) is 17.8 Å². The Bertz CT molecular complexity index is 1620. The van der Waals surface area contributed by atoms with Gasteiger partial charge >= 0.3 is 5.97 Å². The molecule has 0 aromatic heterocycles. The Balaban J connectivity index is 1.84. The van der Waals surface area contributed by atoms with Crippen molar-refractivity contribution in [3.05, 3.63) is 72.9 Å². The molecule has 0 aliphatic carbocycles. The molecule has 3 heterocycles. The highest BCUT2D eigenvalue weighted by molar-refractivity contribution is 5.78. The minimum atomic E-state index is -2.30. The highest BCUT2D eigenvalue weighted by Gasteiger charge is 2.50. The van der Waals surface area contributed by atoms with Crippen LogP contribution in [0.5, 0.6) is 0 Å². The summed E-state index contributed by atoms with van der Waals surface area (Å²) in [7, 11) is 0. The van der Waals surface area contributed by atoms with Crippen molar-refractivity contribution >= 4 is 11.9 Å². The van der Waals surface area contributed by atoms with Gasteiger partial charge in [0.15, 0.2) is 12.1 Å². The van der Waals surface area contributed by atoms with Crippen LogP contribution in [0.2, 0.25) is 0 Å². The van der Waals surface area contributed by atoms with Crippen LogP contribution < -0.4 is 11.5 Å². The van der Waals surface area contributed by atoms with Crippen molar-refractivity contribution in [2.45, 2.75) is 189 Å². The number of amides is 1. The van der Waals surface area contributed by atoms with E-state index in [0.717, 1.165) is 12.8 Å². The number of carbonyl (C=O) groups excluding carboxylic acids is 2. The Kier molecular flexibility index (Phi) is 23.8. The Morgan fingerprint density at radius 1 is 0.692 bits per heavy atom. The molecule has 0 aromatic rings. The fourth-order valence-corrected chi connectivity index (χ4v) is 8.16. The highest BCUT2D eigenvalue weighted by Crippen LogP contribution is 2.38. The van der Waals surface area contributed by atoms with E-state index in [4.69, 9.17) is 30.4 Å². The van der Waals surface area contributed by atoms with Crippen molar-refractivity contribution in [3.8, 4) is 0 Å². The zero-order valence-electron chi connectivity index (χ0n) is 38.0. The fraction of sp³-hybridized carbons (Fsp3) is 0.702. The van der Waals surface area contributed by atoms with Gasteiger partial charge in [0.25, 0.3) is 0 Å². The van der Waals surface area contributed by atoms with Gasteiger partial charge in [-0.25, -0.2) is 0 Å². The van der Waals surface area contributed by atoms with Gasteiger partial charge in [-0.05, 0) is 52.4 Å². The lowest BCUT2D eigenvalue weighted by molar-refractivity contribution is -0.308. The van der Waals surface area contributed by atoms with Crippen LogP contribution in [-0.4, -0.2) is 160 Å². The molecule has 0 spiro atoms. The predicted molar refractivity (Wildman–Crippen MR) is 239 cm³/mol. The summed E-state index contributed by atoms with van der Waals surface area (Å²) in [6.45, 7) is 6.81. The van der Waals surface area contributed by atoms with Gasteiger partial charge in [0.1, 0.15) is 12.2 Å². The van der Waals surface area contributed by atoms with E-state index in [2.05, 4.69) is 0 Å². The number of cyclic esters (lactones) is 1. The first-order valence-electron chi connectivity index (χ1n) is 22.7. The average Bonchev–Trinajstić information content (AvgIpc) is 3.21. The molecule has 18 nitrogen and oxygen atoms in total. The van der Waals surface area contributed by atoms with E-state index in [-0.39, 0.29) is 38.0 Å². The number of carbonyl (C=O) groups is 2. The molecule has 3 aliphatic heterocycles. The van der Waals surface area contributed by atoms with Crippen LogP contribution in [0.3, 0.4) is 0 Å². The second kappa shape index (κ2) is 27.6. The number of aliphatic hydroxyl groups is 10. The summed E-state index contributed by atoms with van der Waals surface area (Å²) in [6, 6.07) is -1.12. The molecule has 0 unspecified atom stereocenters. The quantitative estimate of drug-likeness (QED) is 0.170. The third-order valence-corrected chi connectivity index (χ3v) is 12.3. The number of allylic oxidation sites excluding steroid dienone is 10. The number of rotatable bonds is 3. The normalized spacial score (nSPS) is 45.2. The highest BCUT2D eigenvalue weighted by atomic mass is 16.7. The summed E-state index contributed by atoms with van der Waals surface area (Å²) in [5.41, 5.74) is 11.7. The number of hydrogen-bond donors (Lipinski definition) is 12. The van der Waals surface area contributed by atoms with E-state index in [1.807, 2.05) is 49.5 Å². The number of esters is 1. The van der Waals surface area contributed by atoms with E-state index in [0.29, 0.717) is 0 Å². The molecule has 0 saturated carbocycles. The molecule has 19 atom stereocenters. The molecule has 2 bridgehead atoms. The number of nitrogens with two attached hydrogens (primary N) is 2. The molecule has 0 radical (unpaired) electrons. The van der Waals surface area contributed by atoms with Gasteiger partial charge in [-0.1, -0.05) is 86.8 Å². The largest absolute Gasteiger partial charge is 0.462 e. The summed E-state index contributed by atoms with van der Waals surface area (Å²) < 4.78 is 23.3. The van der Waals surface area contributed by atoms with Crippen LogP contribution in [0.4, 0.5) is 0 Å². The number of ether oxygens (including phenoxy) is 4. The lowest BCUT2D eigenvalue weighted by atomic mass is 9.82. The molecule has 14 N–H and O–H groups in total. The first-order valence-corrected chi connectivity index (χ1v) is 22.7. The summed E-state index contributed by atoms with van der Waals surface area (Å²) in [5, 5.41) is 108. The van der Waals surface area contributed by atoms with Crippen molar-refractivity contribution in [2.24, 2.45) is 29.2 Å². The summed E-state index contributed by atoms with van der Waals surface area (Å²) >= 11 is 0. The standard InChI is InChI=1S/C47H76N2O16/c1-27-17-15-13-11-9-7-5-6-8-10-12-14-16-18-34(64-46-44(59)41(48)43(58)30(4)63-46)24-38-40(45(49)60)37(55)26-47(61,65-38)25-36(54)35(53)20-19-31(50)21-32(51)22-33(52)23-39(56)62-29(3)28(2)42(27)57/h5-6,8,10-18,27-38,40-44,46,50-55,57-59,61H,7,9,19-26,48H2,1-4H3,(H2,49,60)/b6-5+,10-8+,13-11+,14-12+,17-15+,18-16+/t27-,28-,29-,30+,31+,32+,33+,34-,35+,36+,37-,38-,40+,41-,42+,43+,44-,46-,47+/m0/s1. The Labute approximate surface area is 382 Å². The number of aliphatic hydroxyl groups excluding tert-OH is 9. The second-order valence-corrected chi connectivity index (χ2v) is 17.9. The van der Waals surface area contributed by atoms with E-state index in [1.54, 1.807) is 51.2 Å². The van der Waals surface area contributed by atoms with E-state index in [1.165, 1.54) is 0 Å². The topological polar surface area (TPSA) is 325 Å². The molecular weight excluding hydrogens is 849 g/mol. The van der Waals surface area contributed by atoms with Crippen molar-refractivity contribution in [2.75, 3.05) is 0 Å². The third-order valence-electron chi connectivity index (χ3n) is 12.3. The van der Waals surface area contributed by atoms with Gasteiger partial charge < -0.3 is 81.5 Å². The van der Waals surface area contributed by atoms with Crippen molar-refractivity contribution < 1.29 is 79.6 Å². The SMILES string of the molecule is C[C@@H]1[C@H](O)[C@@H](C)/C=C/C=C/CC/C=C/C=C/C=C/C=C/[C@H](O[C@@H]2O[C@H](C)[C@@H](O)[C@H](N)[C@@H]2O)C[C@@H]2O[C@](O)(C[C@@H](O)[C@H](O)CC[C@@H](O)C[C@@H](O)C[C@@H](O)CC(=O)O[C@H]1C)C[C@H](O)[C@H]2C(N)=O. The van der Waals surface area contributed by atoms with E-state index in [9.17, 15) is 60.7 Å². The smallest absolute Gasteiger partial charge is 0.308 e. The second-order valence-electron chi connectivity index (χ2n) is 17.9. The zero-order valence-corrected chi connectivity index (χ0v) is 38.0. The Hall–Kier alpha value is -3.18. The molecule has 3 rings (SSSR count).